The van der Waals surface area contributed by atoms with Gasteiger partial charge in [0.25, 0.3) is 5.56 Å². The first kappa shape index (κ1) is 25.5. The zero-order valence-electron chi connectivity index (χ0n) is 20.6. The van der Waals surface area contributed by atoms with Crippen molar-refractivity contribution < 1.29 is 19.3 Å². The van der Waals surface area contributed by atoms with Crippen molar-refractivity contribution >= 4 is 5.90 Å². The van der Waals surface area contributed by atoms with Crippen molar-refractivity contribution in [1.29, 1.82) is 0 Å². The lowest BCUT2D eigenvalue weighted by Gasteiger charge is -2.19. The van der Waals surface area contributed by atoms with Gasteiger partial charge in [-0.2, -0.15) is 4.80 Å². The topological polar surface area (TPSA) is 137 Å². The molecule has 0 saturated heterocycles. The van der Waals surface area contributed by atoms with Crippen LogP contribution in [0.4, 0.5) is 0 Å². The smallest absolute Gasteiger partial charge is 0.264 e. The highest BCUT2D eigenvalue weighted by atomic mass is 16.5. The van der Waals surface area contributed by atoms with Crippen LogP contribution in [0, 0.1) is 0 Å². The predicted octanol–water partition coefficient (Wildman–Crippen LogP) is 2.78. The average Bonchev–Trinajstić information content (AvgIpc) is 3.25. The second-order valence-electron chi connectivity index (χ2n) is 7.71. The summed E-state index contributed by atoms with van der Waals surface area (Å²) >= 11 is 0. The predicted molar refractivity (Wildman–Crippen MR) is 131 cm³/mol. The van der Waals surface area contributed by atoms with Crippen molar-refractivity contribution in [3.63, 3.8) is 0 Å². The Morgan fingerprint density at radius 1 is 1.23 bits per heavy atom. The van der Waals surface area contributed by atoms with Gasteiger partial charge in [0.05, 0.1) is 38.8 Å². The molecular formula is C24H30N6O5. The highest BCUT2D eigenvalue weighted by Crippen LogP contribution is 2.44. The monoisotopic (exact) mass is 482 g/mol. The van der Waals surface area contributed by atoms with E-state index in [1.165, 1.54) is 26.1 Å². The van der Waals surface area contributed by atoms with Crippen LogP contribution in [-0.4, -0.2) is 57.5 Å². The van der Waals surface area contributed by atoms with E-state index >= 15 is 0 Å². The van der Waals surface area contributed by atoms with Gasteiger partial charge in [-0.1, -0.05) is 26.0 Å². The summed E-state index contributed by atoms with van der Waals surface area (Å²) in [4.78, 5) is 21.5. The number of hydrogen-bond acceptors (Lipinski definition) is 9. The first-order chi connectivity index (χ1) is 16.8. The number of aliphatic imine (C=N–C) groups is 1. The van der Waals surface area contributed by atoms with Crippen molar-refractivity contribution in [2.45, 2.75) is 32.6 Å². The fraction of sp³-hybridized carbons (Fsp3) is 0.375. The summed E-state index contributed by atoms with van der Waals surface area (Å²) in [7, 11) is 6.15. The number of aromatic amines is 1. The number of unbranched alkanes of at least 4 members (excludes halogenated alkanes) is 1. The molecule has 0 saturated carbocycles. The van der Waals surface area contributed by atoms with E-state index in [1.807, 2.05) is 6.92 Å². The molecule has 0 atom stereocenters. The summed E-state index contributed by atoms with van der Waals surface area (Å²) in [6, 6.07) is 5.29. The van der Waals surface area contributed by atoms with E-state index in [1.54, 1.807) is 25.2 Å². The van der Waals surface area contributed by atoms with Crippen molar-refractivity contribution in [1.82, 2.24) is 25.2 Å². The molecule has 0 unspecified atom stereocenters. The number of aryl methyl sites for hydroxylation is 2. The summed E-state index contributed by atoms with van der Waals surface area (Å²) in [6.45, 7) is 5.92. The molecular weight excluding hydrogens is 452 g/mol. The van der Waals surface area contributed by atoms with Crippen LogP contribution in [0.5, 0.6) is 17.2 Å². The fourth-order valence-corrected chi connectivity index (χ4v) is 3.70. The molecule has 2 heterocycles. The molecule has 0 bridgehead atoms. The number of tetrazole rings is 1. The molecule has 0 aliphatic heterocycles. The van der Waals surface area contributed by atoms with E-state index < -0.39 is 5.56 Å². The molecule has 1 aromatic carbocycles. The molecule has 0 aliphatic carbocycles. The van der Waals surface area contributed by atoms with Gasteiger partial charge in [0, 0.05) is 12.7 Å². The van der Waals surface area contributed by atoms with Crippen LogP contribution in [0.2, 0.25) is 0 Å². The van der Waals surface area contributed by atoms with Crippen LogP contribution in [0.3, 0.4) is 0 Å². The van der Waals surface area contributed by atoms with Gasteiger partial charge in [0.1, 0.15) is 28.6 Å². The summed E-state index contributed by atoms with van der Waals surface area (Å²) in [5, 5.41) is 23.3. The number of hydrogen-bond donors (Lipinski definition) is 2. The van der Waals surface area contributed by atoms with Crippen molar-refractivity contribution in [2.24, 2.45) is 12.0 Å². The number of nitrogens with zero attached hydrogens (tertiary/aromatic N) is 5. The molecule has 11 heteroatoms. The Labute approximate surface area is 203 Å². The van der Waals surface area contributed by atoms with Crippen molar-refractivity contribution in [3.8, 4) is 28.4 Å². The number of H-pyrrole nitrogens is 1. The summed E-state index contributed by atoms with van der Waals surface area (Å²) in [5.41, 5.74) is 0.769. The Hall–Kier alpha value is -4.15. The van der Waals surface area contributed by atoms with Crippen molar-refractivity contribution in [2.75, 3.05) is 21.3 Å². The third-order valence-electron chi connectivity index (χ3n) is 5.29. The first-order valence-electron chi connectivity index (χ1n) is 11.1. The maximum absolute atomic E-state index is 13.2. The minimum atomic E-state index is -0.544. The van der Waals surface area contributed by atoms with E-state index in [4.69, 9.17) is 14.2 Å². The standard InChI is InChI=1S/C24H30N6O5/c1-7-8-10-15-19(20-16(33-5)11-9-12-17(20)34-6)22(31)21(23(32)26-15)24(25-3)35-14(2)13-18-27-29-30(4)28-18/h9,11-12H,2,7-8,10,13H2,1,3-6H3,(H2,26,31,32). The maximum Gasteiger partial charge on any atom is 0.264 e. The number of pyridine rings is 1. The minimum absolute atomic E-state index is 0.102. The molecule has 35 heavy (non-hydrogen) atoms. The Bertz CT molecular complexity index is 1270. The first-order valence-corrected chi connectivity index (χ1v) is 11.1. The number of aromatic nitrogens is 5. The number of ether oxygens (including phenoxy) is 3. The van der Waals surface area contributed by atoms with Crippen LogP contribution in [0.25, 0.3) is 11.1 Å². The van der Waals surface area contributed by atoms with Crippen molar-refractivity contribution in [3.05, 3.63) is 58.0 Å². The number of allylic oxidation sites excluding steroid dienone is 1. The van der Waals surface area contributed by atoms with Gasteiger partial charge in [-0.15, -0.1) is 10.2 Å². The lowest BCUT2D eigenvalue weighted by molar-refractivity contribution is 0.393. The summed E-state index contributed by atoms with van der Waals surface area (Å²) < 4.78 is 16.9. The highest BCUT2D eigenvalue weighted by Gasteiger charge is 2.27. The summed E-state index contributed by atoms with van der Waals surface area (Å²) in [6.07, 6.45) is 2.37. The van der Waals surface area contributed by atoms with E-state index in [9.17, 15) is 9.90 Å². The van der Waals surface area contributed by atoms with Crippen LogP contribution in [-0.2, 0) is 24.6 Å². The molecule has 0 spiro atoms. The van der Waals surface area contributed by atoms with Gasteiger partial charge in [-0.05, 0) is 30.2 Å². The van der Waals surface area contributed by atoms with Gasteiger partial charge in [0.15, 0.2) is 5.82 Å². The van der Waals surface area contributed by atoms with Gasteiger partial charge in [-0.25, -0.2) is 0 Å². The van der Waals surface area contributed by atoms with Gasteiger partial charge in [0.2, 0.25) is 5.90 Å². The Morgan fingerprint density at radius 3 is 2.46 bits per heavy atom. The van der Waals surface area contributed by atoms with E-state index in [0.717, 1.165) is 12.8 Å². The molecule has 0 amide bonds. The molecule has 186 valence electrons. The zero-order chi connectivity index (χ0) is 25.5. The average molecular weight is 483 g/mol. The molecule has 0 aliphatic rings. The minimum Gasteiger partial charge on any atom is -0.506 e. The normalized spacial score (nSPS) is 11.4. The van der Waals surface area contributed by atoms with Crippen LogP contribution in [0.15, 0.2) is 40.3 Å². The van der Waals surface area contributed by atoms with E-state index in [0.29, 0.717) is 40.6 Å². The lowest BCUT2D eigenvalue weighted by atomic mass is 9.95. The van der Waals surface area contributed by atoms with Gasteiger partial charge in [-0.3, -0.25) is 9.79 Å². The molecule has 11 nitrogen and oxygen atoms in total. The SMILES string of the molecule is C=C(Cc1nnn(C)n1)OC(=NC)c1c(O)c(-c2c(OC)cccc2OC)c(CCCC)[nH]c1=O. The van der Waals surface area contributed by atoms with Gasteiger partial charge >= 0.3 is 0 Å². The van der Waals surface area contributed by atoms with E-state index in [2.05, 4.69) is 32.0 Å². The van der Waals surface area contributed by atoms with E-state index in [-0.39, 0.29) is 29.4 Å². The fourth-order valence-electron chi connectivity index (χ4n) is 3.70. The molecule has 2 aromatic heterocycles. The Balaban J connectivity index is 2.14. The zero-order valence-corrected chi connectivity index (χ0v) is 20.6. The number of benzene rings is 1. The van der Waals surface area contributed by atoms with Crippen LogP contribution in [0.1, 0.15) is 36.8 Å². The molecule has 0 fully saturated rings. The molecule has 3 aromatic rings. The molecule has 2 N–H and O–H groups in total. The number of methoxy groups -OCH3 is 2. The largest absolute Gasteiger partial charge is 0.506 e. The number of rotatable bonds is 10. The summed E-state index contributed by atoms with van der Waals surface area (Å²) in [5.74, 6) is 1.17. The molecule has 0 radical (unpaired) electrons. The number of nitrogens with one attached hydrogen (secondary N) is 1. The highest BCUT2D eigenvalue weighted by molar-refractivity contribution is 6.00. The van der Waals surface area contributed by atoms with Gasteiger partial charge < -0.3 is 24.3 Å². The molecule has 3 rings (SSSR count). The second kappa shape index (κ2) is 11.3. The van der Waals surface area contributed by atoms with Crippen LogP contribution >= 0.6 is 0 Å². The maximum atomic E-state index is 13.2. The number of aromatic hydroxyl groups is 1. The van der Waals surface area contributed by atoms with Crippen LogP contribution < -0.4 is 15.0 Å². The Kier molecular flexibility index (Phi) is 8.24. The quantitative estimate of drug-likeness (QED) is 0.256. The Morgan fingerprint density at radius 2 is 1.91 bits per heavy atom. The third-order valence-corrected chi connectivity index (χ3v) is 5.29. The third kappa shape index (κ3) is 5.51. The lowest BCUT2D eigenvalue weighted by Crippen LogP contribution is -2.23. The second-order valence-corrected chi connectivity index (χ2v) is 7.71.